The lowest BCUT2D eigenvalue weighted by Gasteiger charge is -2.23. The van der Waals surface area contributed by atoms with Crippen molar-refractivity contribution in [3.05, 3.63) is 35.4 Å². The summed E-state index contributed by atoms with van der Waals surface area (Å²) in [5.41, 5.74) is 4.85. The Morgan fingerprint density at radius 3 is 2.38 bits per heavy atom. The van der Waals surface area contributed by atoms with E-state index in [9.17, 15) is 0 Å². The maximum absolute atomic E-state index is 5.97. The summed E-state index contributed by atoms with van der Waals surface area (Å²) in [5.74, 6) is 3.52. The SMILES string of the molecule is COc1cc2nc3c(c(C)c2cc1OC)COc1cc2c(cc1-3)OCO2. The summed E-state index contributed by atoms with van der Waals surface area (Å²) >= 11 is 0. The van der Waals surface area contributed by atoms with E-state index in [0.717, 1.165) is 39.0 Å². The molecular formula is C20H17NO5. The van der Waals surface area contributed by atoms with E-state index in [2.05, 4.69) is 6.92 Å². The second-order valence-corrected chi connectivity index (χ2v) is 6.28. The molecule has 6 nitrogen and oxygen atoms in total. The van der Waals surface area contributed by atoms with Gasteiger partial charge in [-0.1, -0.05) is 0 Å². The van der Waals surface area contributed by atoms with Crippen LogP contribution in [0.4, 0.5) is 0 Å². The van der Waals surface area contributed by atoms with E-state index < -0.39 is 0 Å². The minimum Gasteiger partial charge on any atom is -0.493 e. The number of ether oxygens (including phenoxy) is 5. The molecule has 0 saturated carbocycles. The molecule has 5 rings (SSSR count). The first-order valence-electron chi connectivity index (χ1n) is 8.31. The van der Waals surface area contributed by atoms with Gasteiger partial charge in [-0.15, -0.1) is 0 Å². The molecule has 0 unspecified atom stereocenters. The number of hydrogen-bond donors (Lipinski definition) is 0. The van der Waals surface area contributed by atoms with Crippen LogP contribution < -0.4 is 23.7 Å². The zero-order valence-corrected chi connectivity index (χ0v) is 14.7. The van der Waals surface area contributed by atoms with Crippen LogP contribution in [0, 0.1) is 6.92 Å². The van der Waals surface area contributed by atoms with Crippen LogP contribution in [0.25, 0.3) is 22.2 Å². The highest BCUT2D eigenvalue weighted by molar-refractivity contribution is 5.91. The van der Waals surface area contributed by atoms with Crippen molar-refractivity contribution in [2.45, 2.75) is 13.5 Å². The van der Waals surface area contributed by atoms with Crippen LogP contribution in [0.2, 0.25) is 0 Å². The molecule has 0 radical (unpaired) electrons. The quantitative estimate of drug-likeness (QED) is 0.699. The van der Waals surface area contributed by atoms with E-state index in [4.69, 9.17) is 28.7 Å². The maximum atomic E-state index is 5.97. The summed E-state index contributed by atoms with van der Waals surface area (Å²) < 4.78 is 27.8. The van der Waals surface area contributed by atoms with Crippen LogP contribution in [0.1, 0.15) is 11.1 Å². The molecule has 3 heterocycles. The standard InChI is InChI=1S/C20H17NO5/c1-10-11-4-16(22-2)17(23-3)6-14(11)21-20-12-5-18-19(26-9-25-18)7-15(12)24-8-13(10)20/h4-7H,8-9H2,1-3H3. The van der Waals surface area contributed by atoms with Crippen molar-refractivity contribution in [1.29, 1.82) is 0 Å². The lowest BCUT2D eigenvalue weighted by molar-refractivity contribution is 0.173. The van der Waals surface area contributed by atoms with Crippen LogP contribution in [-0.4, -0.2) is 26.0 Å². The Kier molecular flexibility index (Phi) is 3.16. The smallest absolute Gasteiger partial charge is 0.231 e. The summed E-state index contributed by atoms with van der Waals surface area (Å²) in [7, 11) is 3.26. The monoisotopic (exact) mass is 351 g/mol. The Morgan fingerprint density at radius 2 is 1.62 bits per heavy atom. The number of methoxy groups -OCH3 is 2. The Bertz CT molecular complexity index is 1060. The number of hydrogen-bond acceptors (Lipinski definition) is 6. The number of fused-ring (bicyclic) bond motifs is 5. The van der Waals surface area contributed by atoms with Gasteiger partial charge >= 0.3 is 0 Å². The number of rotatable bonds is 2. The van der Waals surface area contributed by atoms with E-state index in [1.165, 1.54) is 0 Å². The molecule has 0 atom stereocenters. The first-order valence-corrected chi connectivity index (χ1v) is 8.31. The fourth-order valence-electron chi connectivity index (χ4n) is 3.57. The Balaban J connectivity index is 1.78. The minimum atomic E-state index is 0.228. The highest BCUT2D eigenvalue weighted by atomic mass is 16.7. The molecule has 0 bridgehead atoms. The molecule has 2 aromatic carbocycles. The molecule has 2 aliphatic heterocycles. The van der Waals surface area contributed by atoms with Crippen molar-refractivity contribution < 1.29 is 23.7 Å². The third-order valence-corrected chi connectivity index (χ3v) is 4.98. The molecule has 26 heavy (non-hydrogen) atoms. The molecule has 0 fully saturated rings. The van der Waals surface area contributed by atoms with Crippen molar-refractivity contribution in [3.63, 3.8) is 0 Å². The number of aryl methyl sites for hydroxylation is 1. The number of pyridine rings is 1. The molecule has 0 spiro atoms. The van der Waals surface area contributed by atoms with Crippen molar-refractivity contribution in [3.8, 4) is 40.0 Å². The van der Waals surface area contributed by atoms with Gasteiger partial charge in [-0.05, 0) is 24.6 Å². The van der Waals surface area contributed by atoms with Gasteiger partial charge in [-0.2, -0.15) is 0 Å². The largest absolute Gasteiger partial charge is 0.493 e. The van der Waals surface area contributed by atoms with E-state index in [1.54, 1.807) is 14.2 Å². The van der Waals surface area contributed by atoms with Gasteiger partial charge in [0.2, 0.25) is 6.79 Å². The van der Waals surface area contributed by atoms with Crippen molar-refractivity contribution >= 4 is 10.9 Å². The van der Waals surface area contributed by atoms with Gasteiger partial charge in [0.25, 0.3) is 0 Å². The number of nitrogens with zero attached hydrogens (tertiary/aromatic N) is 1. The summed E-state index contributed by atoms with van der Waals surface area (Å²) in [6.45, 7) is 2.77. The molecule has 0 saturated heterocycles. The molecule has 2 aliphatic rings. The third kappa shape index (κ3) is 2.02. The molecule has 6 heteroatoms. The van der Waals surface area contributed by atoms with Crippen LogP contribution in [0.3, 0.4) is 0 Å². The predicted octanol–water partition coefficient (Wildman–Crippen LogP) is 3.85. The fraction of sp³-hybridized carbons (Fsp3) is 0.250. The van der Waals surface area contributed by atoms with Gasteiger partial charge in [0.1, 0.15) is 12.4 Å². The second-order valence-electron chi connectivity index (χ2n) is 6.28. The Labute approximate surface area is 150 Å². The highest BCUT2D eigenvalue weighted by Gasteiger charge is 2.27. The molecular weight excluding hydrogens is 334 g/mol. The summed E-state index contributed by atoms with van der Waals surface area (Å²) in [6.07, 6.45) is 0. The van der Waals surface area contributed by atoms with Gasteiger partial charge in [-0.3, -0.25) is 0 Å². The molecule has 0 amide bonds. The first kappa shape index (κ1) is 15.1. The van der Waals surface area contributed by atoms with Gasteiger partial charge in [-0.25, -0.2) is 4.98 Å². The van der Waals surface area contributed by atoms with Crippen LogP contribution in [0.5, 0.6) is 28.7 Å². The summed E-state index contributed by atoms with van der Waals surface area (Å²) in [6, 6.07) is 7.68. The van der Waals surface area contributed by atoms with Gasteiger partial charge in [0.15, 0.2) is 23.0 Å². The highest BCUT2D eigenvalue weighted by Crippen LogP contribution is 2.47. The van der Waals surface area contributed by atoms with E-state index in [1.807, 2.05) is 24.3 Å². The molecule has 0 N–H and O–H groups in total. The predicted molar refractivity (Wildman–Crippen MR) is 95.5 cm³/mol. The van der Waals surface area contributed by atoms with Crippen molar-refractivity contribution in [2.24, 2.45) is 0 Å². The summed E-state index contributed by atoms with van der Waals surface area (Å²) in [4.78, 5) is 4.92. The summed E-state index contributed by atoms with van der Waals surface area (Å²) in [5, 5.41) is 1.02. The van der Waals surface area contributed by atoms with Gasteiger partial charge < -0.3 is 23.7 Å². The van der Waals surface area contributed by atoms with E-state index >= 15 is 0 Å². The van der Waals surface area contributed by atoms with Gasteiger partial charge in [0, 0.05) is 28.6 Å². The van der Waals surface area contributed by atoms with E-state index in [-0.39, 0.29) is 6.79 Å². The van der Waals surface area contributed by atoms with Gasteiger partial charge in [0.05, 0.1) is 25.4 Å². The van der Waals surface area contributed by atoms with Crippen molar-refractivity contribution in [2.75, 3.05) is 21.0 Å². The fourth-order valence-corrected chi connectivity index (χ4v) is 3.57. The maximum Gasteiger partial charge on any atom is 0.231 e. The Hall–Kier alpha value is -3.15. The molecule has 0 aliphatic carbocycles. The minimum absolute atomic E-state index is 0.228. The number of benzene rings is 2. The van der Waals surface area contributed by atoms with Crippen LogP contribution in [0.15, 0.2) is 24.3 Å². The van der Waals surface area contributed by atoms with Crippen LogP contribution >= 0.6 is 0 Å². The Morgan fingerprint density at radius 1 is 0.885 bits per heavy atom. The normalized spacial score (nSPS) is 13.8. The average Bonchev–Trinajstić information content (AvgIpc) is 3.13. The zero-order chi connectivity index (χ0) is 17.8. The second kappa shape index (κ2) is 5.42. The zero-order valence-electron chi connectivity index (χ0n) is 14.7. The molecule has 1 aromatic heterocycles. The molecule has 132 valence electrons. The molecule has 3 aromatic rings. The topological polar surface area (TPSA) is 59.0 Å². The number of aromatic nitrogens is 1. The lowest BCUT2D eigenvalue weighted by Crippen LogP contribution is -2.10. The average molecular weight is 351 g/mol. The van der Waals surface area contributed by atoms with Crippen LogP contribution in [-0.2, 0) is 6.61 Å². The third-order valence-electron chi connectivity index (χ3n) is 4.98. The van der Waals surface area contributed by atoms with Crippen molar-refractivity contribution in [1.82, 2.24) is 4.98 Å². The van der Waals surface area contributed by atoms with E-state index in [0.29, 0.717) is 29.6 Å². The first-order chi connectivity index (χ1) is 12.7. The lowest BCUT2D eigenvalue weighted by atomic mass is 9.95.